The maximum Gasteiger partial charge on any atom is 0.347 e. The molecule has 1 aromatic carbocycles. The number of carbonyl (C=O) groups is 1. The van der Waals surface area contributed by atoms with Crippen molar-refractivity contribution in [1.29, 1.82) is 0 Å². The third-order valence-electron chi connectivity index (χ3n) is 3.57. The minimum absolute atomic E-state index is 0.00117. The summed E-state index contributed by atoms with van der Waals surface area (Å²) >= 11 is 7.01. The summed E-state index contributed by atoms with van der Waals surface area (Å²) in [7, 11) is 3.06. The van der Waals surface area contributed by atoms with Gasteiger partial charge in [0.2, 0.25) is 0 Å². The minimum atomic E-state index is -1.13. The van der Waals surface area contributed by atoms with Gasteiger partial charge in [-0.2, -0.15) is 0 Å². The van der Waals surface area contributed by atoms with E-state index in [1.807, 2.05) is 6.07 Å². The molecule has 2 aromatic heterocycles. The van der Waals surface area contributed by atoms with Gasteiger partial charge in [0, 0.05) is 11.8 Å². The van der Waals surface area contributed by atoms with Crippen molar-refractivity contribution in [3.63, 3.8) is 0 Å². The Hall–Kier alpha value is -2.84. The monoisotopic (exact) mass is 392 g/mol. The minimum Gasteiger partial charge on any atom is -0.493 e. The lowest BCUT2D eigenvalue weighted by Crippen LogP contribution is -2.14. The van der Waals surface area contributed by atoms with E-state index in [0.29, 0.717) is 17.1 Å². The van der Waals surface area contributed by atoms with E-state index in [1.54, 1.807) is 24.3 Å². The predicted octanol–water partition coefficient (Wildman–Crippen LogP) is 3.30. The van der Waals surface area contributed by atoms with Crippen molar-refractivity contribution in [2.75, 3.05) is 14.2 Å². The molecule has 134 valence electrons. The Morgan fingerprint density at radius 3 is 2.73 bits per heavy atom. The van der Waals surface area contributed by atoms with E-state index in [0.717, 1.165) is 15.7 Å². The summed E-state index contributed by atoms with van der Waals surface area (Å²) in [5.74, 6) is -0.0349. The van der Waals surface area contributed by atoms with Crippen molar-refractivity contribution >= 4 is 46.0 Å². The van der Waals surface area contributed by atoms with Crippen molar-refractivity contribution in [2.45, 2.75) is 0 Å². The second-order valence-electron chi connectivity index (χ2n) is 5.09. The number of carboxylic acid groups (broad SMARTS) is 1. The second kappa shape index (κ2) is 7.19. The van der Waals surface area contributed by atoms with Crippen molar-refractivity contribution in [3.05, 3.63) is 55.9 Å². The van der Waals surface area contributed by atoms with Gasteiger partial charge in [0.05, 0.1) is 19.9 Å². The van der Waals surface area contributed by atoms with Crippen molar-refractivity contribution in [3.8, 4) is 11.5 Å². The number of para-hydroxylation sites is 1. The van der Waals surface area contributed by atoms with Crippen LogP contribution in [0.25, 0.3) is 17.1 Å². The number of fused-ring (bicyclic) bond motifs is 1. The van der Waals surface area contributed by atoms with Crippen LogP contribution in [-0.4, -0.2) is 34.7 Å². The number of hydrogen-bond donors (Lipinski definition) is 1. The number of methoxy groups -OCH3 is 2. The van der Waals surface area contributed by atoms with E-state index in [2.05, 4.69) is 4.98 Å². The fourth-order valence-electron chi connectivity index (χ4n) is 2.36. The molecule has 0 aliphatic carbocycles. The number of hydrogen-bond acceptors (Lipinski definition) is 6. The van der Waals surface area contributed by atoms with E-state index in [-0.39, 0.29) is 20.6 Å². The number of benzene rings is 1. The van der Waals surface area contributed by atoms with Crippen LogP contribution in [0.1, 0.15) is 20.9 Å². The Labute approximate surface area is 156 Å². The van der Waals surface area contributed by atoms with E-state index in [4.69, 9.17) is 26.2 Å². The molecule has 0 amide bonds. The molecule has 0 radical (unpaired) electrons. The molecule has 0 spiro atoms. The Morgan fingerprint density at radius 2 is 2.08 bits per heavy atom. The highest BCUT2D eigenvalue weighted by atomic mass is 35.5. The van der Waals surface area contributed by atoms with Crippen LogP contribution in [0.4, 0.5) is 0 Å². The van der Waals surface area contributed by atoms with Crippen molar-refractivity contribution in [1.82, 2.24) is 9.38 Å². The molecular formula is C17H13ClN2O5S. The zero-order valence-electron chi connectivity index (χ0n) is 13.7. The summed E-state index contributed by atoms with van der Waals surface area (Å²) in [4.78, 5) is 28.0. The normalized spacial score (nSPS) is 11.2. The smallest absolute Gasteiger partial charge is 0.347 e. The number of ether oxygens (including phenoxy) is 2. The summed E-state index contributed by atoms with van der Waals surface area (Å²) in [6.45, 7) is 0. The van der Waals surface area contributed by atoms with E-state index in [1.165, 1.54) is 20.4 Å². The Bertz CT molecular complexity index is 1090. The molecule has 0 aliphatic rings. The number of halogens is 1. The zero-order valence-corrected chi connectivity index (χ0v) is 15.3. The largest absolute Gasteiger partial charge is 0.493 e. The van der Waals surface area contributed by atoms with Crippen LogP contribution >= 0.6 is 22.9 Å². The maximum absolute atomic E-state index is 12.3. The van der Waals surface area contributed by atoms with Gasteiger partial charge in [0.15, 0.2) is 16.5 Å². The molecule has 0 fully saturated rings. The molecule has 0 saturated heterocycles. The molecule has 3 aromatic rings. The van der Waals surface area contributed by atoms with Crippen LogP contribution in [-0.2, 0) is 0 Å². The van der Waals surface area contributed by atoms with Crippen LogP contribution < -0.4 is 15.0 Å². The highest BCUT2D eigenvalue weighted by Crippen LogP contribution is 2.32. The standard InChI is InChI=1S/C17H13ClN2O5S/c1-24-11-5-3-4-9(14(11)25-2)6-7-10-13(18)15(21)20-8-12(16(22)23)26-17(20)19-10/h3-8H,1-2H3,(H,22,23). The highest BCUT2D eigenvalue weighted by Gasteiger charge is 2.15. The fourth-order valence-corrected chi connectivity index (χ4v) is 3.37. The van der Waals surface area contributed by atoms with Gasteiger partial charge in [-0.1, -0.05) is 35.1 Å². The van der Waals surface area contributed by atoms with E-state index < -0.39 is 11.5 Å². The van der Waals surface area contributed by atoms with Crippen LogP contribution in [0.5, 0.6) is 11.5 Å². The van der Waals surface area contributed by atoms with Gasteiger partial charge in [-0.15, -0.1) is 0 Å². The number of rotatable bonds is 5. The molecular weight excluding hydrogens is 380 g/mol. The SMILES string of the molecule is COc1cccc(C=Cc2nc3sc(C(=O)O)cn3c(=O)c2Cl)c1OC. The van der Waals surface area contributed by atoms with Gasteiger partial charge in [-0.05, 0) is 18.2 Å². The molecule has 0 aliphatic heterocycles. The predicted molar refractivity (Wildman–Crippen MR) is 99.8 cm³/mol. The van der Waals surface area contributed by atoms with Crippen LogP contribution in [0.15, 0.2) is 29.2 Å². The molecule has 7 nitrogen and oxygen atoms in total. The first-order chi connectivity index (χ1) is 12.5. The first kappa shape index (κ1) is 18.0. The Kier molecular flexibility index (Phi) is 4.97. The first-order valence-corrected chi connectivity index (χ1v) is 8.49. The number of aromatic carboxylic acids is 1. The number of nitrogens with zero attached hydrogens (tertiary/aromatic N) is 2. The van der Waals surface area contributed by atoms with Crippen molar-refractivity contribution < 1.29 is 19.4 Å². The lowest BCUT2D eigenvalue weighted by Gasteiger charge is -2.09. The van der Waals surface area contributed by atoms with Gasteiger partial charge >= 0.3 is 5.97 Å². The molecule has 3 rings (SSSR count). The molecule has 0 atom stereocenters. The van der Waals surface area contributed by atoms with Crippen molar-refractivity contribution in [2.24, 2.45) is 0 Å². The summed E-state index contributed by atoms with van der Waals surface area (Å²) in [5.41, 5.74) is 0.417. The number of thiazole rings is 1. The fraction of sp³-hybridized carbons (Fsp3) is 0.118. The van der Waals surface area contributed by atoms with Gasteiger partial charge in [-0.25, -0.2) is 9.78 Å². The Balaban J connectivity index is 2.09. The topological polar surface area (TPSA) is 90.1 Å². The lowest BCUT2D eigenvalue weighted by atomic mass is 10.1. The average Bonchev–Trinajstić information content (AvgIpc) is 3.07. The lowest BCUT2D eigenvalue weighted by molar-refractivity contribution is 0.0701. The summed E-state index contributed by atoms with van der Waals surface area (Å²) in [6.07, 6.45) is 4.47. The molecule has 0 saturated carbocycles. The van der Waals surface area contributed by atoms with E-state index in [9.17, 15) is 9.59 Å². The summed E-state index contributed by atoms with van der Waals surface area (Å²) < 4.78 is 11.7. The first-order valence-electron chi connectivity index (χ1n) is 7.30. The molecule has 26 heavy (non-hydrogen) atoms. The van der Waals surface area contributed by atoms with Crippen LogP contribution in [0.3, 0.4) is 0 Å². The van der Waals surface area contributed by atoms with E-state index >= 15 is 0 Å². The molecule has 0 unspecified atom stereocenters. The van der Waals surface area contributed by atoms with Crippen LogP contribution in [0.2, 0.25) is 5.02 Å². The number of aromatic nitrogens is 2. The van der Waals surface area contributed by atoms with Gasteiger partial charge in [0.1, 0.15) is 9.90 Å². The van der Waals surface area contributed by atoms with Gasteiger partial charge in [0.25, 0.3) is 5.56 Å². The van der Waals surface area contributed by atoms with Gasteiger partial charge < -0.3 is 14.6 Å². The third-order valence-corrected chi connectivity index (χ3v) is 4.89. The molecule has 9 heteroatoms. The summed E-state index contributed by atoms with van der Waals surface area (Å²) in [5, 5.41) is 8.97. The average molecular weight is 393 g/mol. The highest BCUT2D eigenvalue weighted by molar-refractivity contribution is 7.18. The molecule has 2 heterocycles. The quantitative estimate of drug-likeness (QED) is 0.716. The third kappa shape index (κ3) is 3.16. The maximum atomic E-state index is 12.3. The number of carboxylic acids is 1. The zero-order chi connectivity index (χ0) is 18.8. The molecule has 0 bridgehead atoms. The Morgan fingerprint density at radius 1 is 1.31 bits per heavy atom. The van der Waals surface area contributed by atoms with Crippen LogP contribution in [0, 0.1) is 0 Å². The molecule has 1 N–H and O–H groups in total. The van der Waals surface area contributed by atoms with Gasteiger partial charge in [-0.3, -0.25) is 9.20 Å². The summed E-state index contributed by atoms with van der Waals surface area (Å²) in [6, 6.07) is 5.37. The second-order valence-corrected chi connectivity index (χ2v) is 6.47.